The van der Waals surface area contributed by atoms with Crippen molar-refractivity contribution in [1.29, 1.82) is 0 Å². The molecule has 0 saturated carbocycles. The molecule has 0 unspecified atom stereocenters. The first-order valence-corrected chi connectivity index (χ1v) is 11.9. The van der Waals surface area contributed by atoms with Crippen molar-refractivity contribution in [2.75, 3.05) is 0 Å². The predicted molar refractivity (Wildman–Crippen MR) is 113 cm³/mol. The van der Waals surface area contributed by atoms with Crippen molar-refractivity contribution < 1.29 is 52.4 Å². The van der Waals surface area contributed by atoms with Crippen LogP contribution in [0.5, 0.6) is 17.2 Å². The minimum absolute atomic E-state index is 0. The van der Waals surface area contributed by atoms with Crippen LogP contribution in [0.3, 0.4) is 0 Å². The number of benzene rings is 2. The van der Waals surface area contributed by atoms with Gasteiger partial charge in [-0.1, -0.05) is 82.6 Å². The molecule has 1 N–H and O–H groups in total. The van der Waals surface area contributed by atoms with E-state index in [1.54, 1.807) is 18.2 Å². The summed E-state index contributed by atoms with van der Waals surface area (Å²) in [6, 6.07) is 10.6. The second-order valence-corrected chi connectivity index (χ2v) is 8.73. The monoisotopic (exact) mass is 442 g/mol. The quantitative estimate of drug-likeness (QED) is 0.293. The summed E-state index contributed by atoms with van der Waals surface area (Å²) in [5.41, 5.74) is 0.542. The second-order valence-electron chi connectivity index (χ2n) is 7.34. The van der Waals surface area contributed by atoms with Crippen molar-refractivity contribution in [3.8, 4) is 17.2 Å². The van der Waals surface area contributed by atoms with Crippen LogP contribution in [0.25, 0.3) is 0 Å². The molecule has 0 spiro atoms. The van der Waals surface area contributed by atoms with E-state index in [4.69, 9.17) is 4.74 Å². The molecule has 0 bridgehead atoms. The molecule has 0 amide bonds. The molecule has 0 aliphatic carbocycles. The molecule has 0 fully saturated rings. The number of ether oxygens (including phenoxy) is 1. The molecule has 30 heavy (non-hydrogen) atoms. The van der Waals surface area contributed by atoms with Gasteiger partial charge < -0.3 is 9.84 Å². The van der Waals surface area contributed by atoms with E-state index >= 15 is 0 Å². The van der Waals surface area contributed by atoms with Crippen molar-refractivity contribution in [3.05, 3.63) is 48.0 Å². The van der Waals surface area contributed by atoms with Crippen LogP contribution in [-0.2, 0) is 16.5 Å². The Morgan fingerprint density at radius 2 is 1.40 bits per heavy atom. The van der Waals surface area contributed by atoms with Crippen molar-refractivity contribution in [2.45, 2.75) is 76.0 Å². The molecule has 5 nitrogen and oxygen atoms in total. The zero-order valence-corrected chi connectivity index (χ0v) is 20.9. The van der Waals surface area contributed by atoms with Gasteiger partial charge in [-0.25, -0.2) is 0 Å². The van der Waals surface area contributed by atoms with E-state index in [0.29, 0.717) is 17.7 Å². The molecule has 0 aromatic heterocycles. The van der Waals surface area contributed by atoms with E-state index in [0.717, 1.165) is 19.3 Å². The van der Waals surface area contributed by atoms with E-state index in [1.807, 2.05) is 0 Å². The molecule has 2 aromatic rings. The van der Waals surface area contributed by atoms with Crippen LogP contribution >= 0.6 is 0 Å². The Balaban J connectivity index is 0.00000450. The molecule has 0 saturated heterocycles. The fraction of sp³-hybridized carbons (Fsp3) is 0.478. The molecule has 0 aliphatic heterocycles. The maximum absolute atomic E-state index is 12.3. The van der Waals surface area contributed by atoms with Crippen LogP contribution in [0.1, 0.15) is 70.3 Å². The van der Waals surface area contributed by atoms with Crippen molar-refractivity contribution >= 4 is 10.1 Å². The summed E-state index contributed by atoms with van der Waals surface area (Å²) in [6.07, 6.45) is 11.3. The first kappa shape index (κ1) is 27.0. The zero-order valence-electron chi connectivity index (χ0n) is 18.1. The van der Waals surface area contributed by atoms with Gasteiger partial charge in [0.05, 0.1) is 0 Å². The molecular weight excluding hydrogens is 411 g/mol. The number of hydrogen-bond donors (Lipinski definition) is 1. The predicted octanol–water partition coefficient (Wildman–Crippen LogP) is 2.88. The van der Waals surface area contributed by atoms with Crippen LogP contribution in [0.4, 0.5) is 0 Å². The van der Waals surface area contributed by atoms with Gasteiger partial charge in [-0.2, -0.15) is 8.42 Å². The smallest absolute Gasteiger partial charge is 0.872 e. The first-order chi connectivity index (χ1) is 13.9. The van der Waals surface area contributed by atoms with Gasteiger partial charge in [-0.05, 0) is 36.6 Å². The van der Waals surface area contributed by atoms with Crippen LogP contribution < -0.4 is 39.4 Å². The summed E-state index contributed by atoms with van der Waals surface area (Å²) in [5, 5.41) is 12.3. The van der Waals surface area contributed by atoms with Gasteiger partial charge >= 0.3 is 29.6 Å². The third-order valence-corrected chi connectivity index (χ3v) is 5.86. The van der Waals surface area contributed by atoms with Crippen LogP contribution in [0, 0.1) is 0 Å². The number of rotatable bonds is 13. The van der Waals surface area contributed by atoms with Crippen LogP contribution in [0.15, 0.2) is 47.4 Å². The molecule has 2 rings (SSSR count). The van der Waals surface area contributed by atoms with E-state index in [9.17, 15) is 18.1 Å². The van der Waals surface area contributed by atoms with E-state index in [2.05, 4.69) is 6.92 Å². The molecule has 160 valence electrons. The van der Waals surface area contributed by atoms with E-state index < -0.39 is 10.1 Å². The van der Waals surface area contributed by atoms with Crippen molar-refractivity contribution in [1.82, 2.24) is 0 Å². The largest absolute Gasteiger partial charge is 1.00 e. The minimum Gasteiger partial charge on any atom is -0.872 e. The summed E-state index contributed by atoms with van der Waals surface area (Å²) in [7, 11) is -4.42. The minimum atomic E-state index is -4.42. The molecule has 0 heterocycles. The van der Waals surface area contributed by atoms with Gasteiger partial charge in [0.1, 0.15) is 16.4 Å². The molecule has 7 heteroatoms. The SMILES string of the molecule is CCCCCCCCCCCc1c([O-])cccc1Oc1ccccc1S(=O)(=O)O.[Na+]. The fourth-order valence-corrected chi connectivity index (χ4v) is 3.98. The van der Waals surface area contributed by atoms with Gasteiger partial charge in [-0.3, -0.25) is 4.55 Å². The third-order valence-electron chi connectivity index (χ3n) is 4.97. The van der Waals surface area contributed by atoms with Gasteiger partial charge in [0.2, 0.25) is 0 Å². The van der Waals surface area contributed by atoms with Crippen LogP contribution in [0.2, 0.25) is 0 Å². The molecule has 0 radical (unpaired) electrons. The Morgan fingerprint density at radius 3 is 2.03 bits per heavy atom. The maximum atomic E-state index is 12.3. The van der Waals surface area contributed by atoms with E-state index in [1.165, 1.54) is 62.8 Å². The Bertz CT molecular complexity index is 868. The average molecular weight is 443 g/mol. The number of para-hydroxylation sites is 1. The summed E-state index contributed by atoms with van der Waals surface area (Å²) < 4.78 is 38.3. The normalized spacial score (nSPS) is 11.1. The molecule has 0 atom stereocenters. The summed E-state index contributed by atoms with van der Waals surface area (Å²) in [4.78, 5) is -0.315. The first-order valence-electron chi connectivity index (χ1n) is 10.5. The molecular formula is C23H31NaO5S. The number of hydrogen-bond acceptors (Lipinski definition) is 4. The Morgan fingerprint density at radius 1 is 0.833 bits per heavy atom. The summed E-state index contributed by atoms with van der Waals surface area (Å²) in [6.45, 7) is 2.22. The fourth-order valence-electron chi connectivity index (χ4n) is 3.37. The Labute approximate surface area is 202 Å². The second kappa shape index (κ2) is 14.1. The van der Waals surface area contributed by atoms with Crippen LogP contribution in [-0.4, -0.2) is 13.0 Å². The maximum Gasteiger partial charge on any atom is 1.00 e. The number of unbranched alkanes of at least 4 members (excludes halogenated alkanes) is 8. The standard InChI is InChI=1S/C23H32O5S.Na/c1-2-3-4-5-6-7-8-9-10-14-19-20(24)15-13-17-21(19)28-22-16-11-12-18-23(22)29(25,26)27;/h11-13,15-18,24H,2-10,14H2,1H3,(H,25,26,27);/q;+1/p-1. The van der Waals surface area contributed by atoms with E-state index in [-0.39, 0.29) is 46.0 Å². The van der Waals surface area contributed by atoms with Crippen molar-refractivity contribution in [3.63, 3.8) is 0 Å². The van der Waals surface area contributed by atoms with Gasteiger partial charge in [0, 0.05) is 0 Å². The topological polar surface area (TPSA) is 86.7 Å². The Hall–Kier alpha value is -1.05. The van der Waals surface area contributed by atoms with Crippen molar-refractivity contribution in [2.24, 2.45) is 0 Å². The van der Waals surface area contributed by atoms with Gasteiger partial charge in [0.15, 0.2) is 0 Å². The molecule has 2 aromatic carbocycles. The average Bonchev–Trinajstić information content (AvgIpc) is 2.68. The summed E-state index contributed by atoms with van der Waals surface area (Å²) in [5.74, 6) is 0.230. The third kappa shape index (κ3) is 8.98. The zero-order chi connectivity index (χ0) is 21.1. The van der Waals surface area contributed by atoms with Gasteiger partial charge in [0.25, 0.3) is 10.1 Å². The Kier molecular flexibility index (Phi) is 12.7. The molecule has 0 aliphatic rings. The summed E-state index contributed by atoms with van der Waals surface area (Å²) >= 11 is 0. The van der Waals surface area contributed by atoms with Gasteiger partial charge in [-0.15, -0.1) is 5.75 Å².